The summed E-state index contributed by atoms with van der Waals surface area (Å²) in [6.07, 6.45) is 0. The Bertz CT molecular complexity index is 341. The monoisotopic (exact) mass is 229 g/mol. The SMILES string of the molecule is CC(C)(N)CSCc1ccc(C(=O)O)o1. The molecule has 0 fully saturated rings. The van der Waals surface area contributed by atoms with Crippen molar-refractivity contribution in [2.45, 2.75) is 25.1 Å². The Balaban J connectivity index is 2.41. The number of nitrogens with two attached hydrogens (primary N) is 1. The molecular formula is C10H15NO3S. The van der Waals surface area contributed by atoms with Gasteiger partial charge in [-0.05, 0) is 26.0 Å². The third-order valence-electron chi connectivity index (χ3n) is 1.59. The predicted molar refractivity (Wildman–Crippen MR) is 60.1 cm³/mol. The molecule has 0 aliphatic rings. The van der Waals surface area contributed by atoms with E-state index in [1.165, 1.54) is 6.07 Å². The molecule has 84 valence electrons. The standard InChI is InChI=1S/C10H15NO3S/c1-10(2,11)6-15-5-7-3-4-8(14-7)9(12)13/h3-4H,5-6,11H2,1-2H3,(H,12,13). The first kappa shape index (κ1) is 12.1. The van der Waals surface area contributed by atoms with Crippen LogP contribution < -0.4 is 5.73 Å². The summed E-state index contributed by atoms with van der Waals surface area (Å²) >= 11 is 1.63. The van der Waals surface area contributed by atoms with E-state index in [9.17, 15) is 4.79 Å². The number of rotatable bonds is 5. The van der Waals surface area contributed by atoms with Crippen molar-refractivity contribution in [2.75, 3.05) is 5.75 Å². The minimum absolute atomic E-state index is 0.0161. The summed E-state index contributed by atoms with van der Waals surface area (Å²) in [5, 5.41) is 8.63. The Kier molecular flexibility index (Phi) is 3.82. The minimum atomic E-state index is -1.04. The number of hydrogen-bond acceptors (Lipinski definition) is 4. The number of furan rings is 1. The molecule has 3 N–H and O–H groups in total. The average Bonchev–Trinajstić information content (AvgIpc) is 2.50. The first-order valence-corrected chi connectivity index (χ1v) is 5.72. The number of aromatic carboxylic acids is 1. The molecular weight excluding hydrogens is 214 g/mol. The molecule has 1 aromatic heterocycles. The van der Waals surface area contributed by atoms with E-state index in [4.69, 9.17) is 15.3 Å². The fraction of sp³-hybridized carbons (Fsp3) is 0.500. The molecule has 0 spiro atoms. The number of hydrogen-bond donors (Lipinski definition) is 2. The zero-order valence-electron chi connectivity index (χ0n) is 8.82. The van der Waals surface area contributed by atoms with Gasteiger partial charge in [0.15, 0.2) is 0 Å². The minimum Gasteiger partial charge on any atom is -0.475 e. The zero-order chi connectivity index (χ0) is 11.5. The van der Waals surface area contributed by atoms with Crippen molar-refractivity contribution >= 4 is 17.7 Å². The summed E-state index contributed by atoms with van der Waals surface area (Å²) in [5.74, 6) is 1.06. The van der Waals surface area contributed by atoms with Crippen molar-refractivity contribution < 1.29 is 14.3 Å². The maximum Gasteiger partial charge on any atom is 0.371 e. The highest BCUT2D eigenvalue weighted by atomic mass is 32.2. The van der Waals surface area contributed by atoms with Gasteiger partial charge in [0.1, 0.15) is 5.76 Å². The normalized spacial score (nSPS) is 11.7. The molecule has 1 aromatic rings. The van der Waals surface area contributed by atoms with E-state index in [1.807, 2.05) is 13.8 Å². The fourth-order valence-electron chi connectivity index (χ4n) is 0.985. The van der Waals surface area contributed by atoms with Crippen LogP contribution in [0, 0.1) is 0 Å². The van der Waals surface area contributed by atoms with Crippen molar-refractivity contribution in [3.05, 3.63) is 23.7 Å². The zero-order valence-corrected chi connectivity index (χ0v) is 9.63. The van der Waals surface area contributed by atoms with Crippen LogP contribution in [-0.2, 0) is 5.75 Å². The van der Waals surface area contributed by atoms with Crippen molar-refractivity contribution in [3.63, 3.8) is 0 Å². The summed E-state index contributed by atoms with van der Waals surface area (Å²) < 4.78 is 5.10. The summed E-state index contributed by atoms with van der Waals surface area (Å²) in [7, 11) is 0. The fourth-order valence-corrected chi connectivity index (χ4v) is 1.97. The Hall–Kier alpha value is -0.940. The lowest BCUT2D eigenvalue weighted by atomic mass is 10.1. The molecule has 1 heterocycles. The van der Waals surface area contributed by atoms with Gasteiger partial charge < -0.3 is 15.3 Å². The highest BCUT2D eigenvalue weighted by molar-refractivity contribution is 7.98. The highest BCUT2D eigenvalue weighted by Crippen LogP contribution is 2.18. The van der Waals surface area contributed by atoms with Crippen LogP contribution in [0.5, 0.6) is 0 Å². The second-order valence-electron chi connectivity index (χ2n) is 4.05. The molecule has 0 aliphatic carbocycles. The number of carbonyl (C=O) groups is 1. The van der Waals surface area contributed by atoms with Crippen LogP contribution in [0.3, 0.4) is 0 Å². The molecule has 5 heteroatoms. The van der Waals surface area contributed by atoms with Crippen LogP contribution in [-0.4, -0.2) is 22.4 Å². The molecule has 0 unspecified atom stereocenters. The molecule has 4 nitrogen and oxygen atoms in total. The molecule has 0 aromatic carbocycles. The van der Waals surface area contributed by atoms with Gasteiger partial charge in [0.2, 0.25) is 5.76 Å². The Morgan fingerprint density at radius 2 is 2.27 bits per heavy atom. The molecule has 0 saturated carbocycles. The van der Waals surface area contributed by atoms with Crippen LogP contribution >= 0.6 is 11.8 Å². The second-order valence-corrected chi connectivity index (χ2v) is 5.04. The highest BCUT2D eigenvalue weighted by Gasteiger charge is 2.12. The van der Waals surface area contributed by atoms with E-state index in [2.05, 4.69) is 0 Å². The Morgan fingerprint density at radius 3 is 2.73 bits per heavy atom. The van der Waals surface area contributed by atoms with Crippen LogP contribution in [0.25, 0.3) is 0 Å². The molecule has 0 saturated heterocycles. The first-order chi connectivity index (χ1) is 6.88. The van der Waals surface area contributed by atoms with Crippen LogP contribution in [0.4, 0.5) is 0 Å². The van der Waals surface area contributed by atoms with Crippen molar-refractivity contribution in [2.24, 2.45) is 5.73 Å². The second kappa shape index (κ2) is 4.72. The average molecular weight is 229 g/mol. The maximum atomic E-state index is 10.5. The largest absolute Gasteiger partial charge is 0.475 e. The molecule has 0 bridgehead atoms. The van der Waals surface area contributed by atoms with Crippen LogP contribution in [0.15, 0.2) is 16.5 Å². The van der Waals surface area contributed by atoms with Gasteiger partial charge >= 0.3 is 5.97 Å². The van der Waals surface area contributed by atoms with Gasteiger partial charge in [-0.25, -0.2) is 4.79 Å². The van der Waals surface area contributed by atoms with Gasteiger partial charge in [-0.1, -0.05) is 0 Å². The summed E-state index contributed by atoms with van der Waals surface area (Å²) in [6, 6.07) is 3.14. The van der Waals surface area contributed by atoms with E-state index in [0.29, 0.717) is 11.5 Å². The lowest BCUT2D eigenvalue weighted by Gasteiger charge is -2.16. The lowest BCUT2D eigenvalue weighted by molar-refractivity contribution is 0.0661. The molecule has 15 heavy (non-hydrogen) atoms. The summed E-state index contributed by atoms with van der Waals surface area (Å²) in [6.45, 7) is 3.90. The molecule has 0 atom stereocenters. The van der Waals surface area contributed by atoms with Crippen LogP contribution in [0.1, 0.15) is 30.2 Å². The molecule has 0 aliphatic heterocycles. The van der Waals surface area contributed by atoms with E-state index in [0.717, 1.165) is 5.75 Å². The van der Waals surface area contributed by atoms with Gasteiger partial charge in [0.25, 0.3) is 0 Å². The van der Waals surface area contributed by atoms with E-state index < -0.39 is 5.97 Å². The van der Waals surface area contributed by atoms with Crippen molar-refractivity contribution in [1.82, 2.24) is 0 Å². The predicted octanol–water partition coefficient (Wildman–Crippen LogP) is 1.95. The Morgan fingerprint density at radius 1 is 1.60 bits per heavy atom. The Labute approximate surface area is 92.8 Å². The quantitative estimate of drug-likeness (QED) is 0.807. The lowest BCUT2D eigenvalue weighted by Crippen LogP contribution is -2.34. The third kappa shape index (κ3) is 4.40. The van der Waals surface area contributed by atoms with Gasteiger partial charge in [-0.2, -0.15) is 11.8 Å². The maximum absolute atomic E-state index is 10.5. The van der Waals surface area contributed by atoms with Crippen molar-refractivity contribution in [3.8, 4) is 0 Å². The third-order valence-corrected chi connectivity index (χ3v) is 3.03. The summed E-state index contributed by atoms with van der Waals surface area (Å²) in [4.78, 5) is 10.5. The molecule has 0 amide bonds. The number of carboxylic acid groups (broad SMARTS) is 1. The van der Waals surface area contributed by atoms with E-state index >= 15 is 0 Å². The number of carboxylic acids is 1. The van der Waals surface area contributed by atoms with Crippen LogP contribution in [0.2, 0.25) is 0 Å². The van der Waals surface area contributed by atoms with E-state index in [1.54, 1.807) is 17.8 Å². The van der Waals surface area contributed by atoms with Gasteiger partial charge in [0.05, 0.1) is 5.75 Å². The number of thioether (sulfide) groups is 1. The van der Waals surface area contributed by atoms with Crippen molar-refractivity contribution in [1.29, 1.82) is 0 Å². The summed E-state index contributed by atoms with van der Waals surface area (Å²) in [5.41, 5.74) is 5.59. The van der Waals surface area contributed by atoms with Gasteiger partial charge in [-0.15, -0.1) is 0 Å². The van der Waals surface area contributed by atoms with Gasteiger partial charge in [0, 0.05) is 11.3 Å². The molecule has 0 radical (unpaired) electrons. The van der Waals surface area contributed by atoms with E-state index in [-0.39, 0.29) is 11.3 Å². The topological polar surface area (TPSA) is 76.5 Å². The molecule has 1 rings (SSSR count). The van der Waals surface area contributed by atoms with Gasteiger partial charge in [-0.3, -0.25) is 0 Å². The smallest absolute Gasteiger partial charge is 0.371 e. The first-order valence-electron chi connectivity index (χ1n) is 4.57.